The van der Waals surface area contributed by atoms with Crippen LogP contribution in [-0.2, 0) is 28.7 Å². The molecule has 0 aromatic carbocycles. The van der Waals surface area contributed by atoms with Crippen molar-refractivity contribution in [2.45, 2.75) is 123 Å². The number of esters is 1. The Hall–Kier alpha value is -2.60. The summed E-state index contributed by atoms with van der Waals surface area (Å²) in [5, 5.41) is 8.05. The van der Waals surface area contributed by atoms with Gasteiger partial charge in [0, 0.05) is 6.54 Å². The normalized spacial score (nSPS) is 21.0. The van der Waals surface area contributed by atoms with Crippen LogP contribution in [0.5, 0.6) is 0 Å². The molecule has 2 rings (SSSR count). The third-order valence-electron chi connectivity index (χ3n) is 7.81. The number of alkyl halides is 2. The highest BCUT2D eigenvalue weighted by molar-refractivity contribution is 6.44. The van der Waals surface area contributed by atoms with E-state index in [4.69, 9.17) is 33.7 Å². The molecule has 0 radical (unpaired) electrons. The summed E-state index contributed by atoms with van der Waals surface area (Å²) in [7, 11) is 0. The number of halogens is 2. The summed E-state index contributed by atoms with van der Waals surface area (Å²) in [5.74, 6) is -4.08. The molecule has 1 aliphatic heterocycles. The van der Waals surface area contributed by atoms with Gasteiger partial charge in [0.15, 0.2) is 0 Å². The Bertz CT molecular complexity index is 1100. The zero-order valence-corrected chi connectivity index (χ0v) is 28.5. The molecule has 5 N–H and O–H groups in total. The van der Waals surface area contributed by atoms with Gasteiger partial charge in [-0.05, 0) is 55.8 Å². The number of Topliss-reactive ketones (excluding diaryl/α,β-unsaturated/α-hetero) is 1. The van der Waals surface area contributed by atoms with E-state index < -0.39 is 87.4 Å². The van der Waals surface area contributed by atoms with E-state index in [1.807, 2.05) is 0 Å². The first-order valence-electron chi connectivity index (χ1n) is 15.1. The van der Waals surface area contributed by atoms with Crippen LogP contribution < -0.4 is 21.7 Å². The van der Waals surface area contributed by atoms with Crippen molar-refractivity contribution in [2.75, 3.05) is 6.54 Å². The van der Waals surface area contributed by atoms with Gasteiger partial charge in [-0.15, -0.1) is 23.2 Å². The third kappa shape index (κ3) is 10.8. The fourth-order valence-electron chi connectivity index (χ4n) is 5.33. The molecule has 12 nitrogen and oxygen atoms in total. The quantitative estimate of drug-likeness (QED) is 0.133. The summed E-state index contributed by atoms with van der Waals surface area (Å²) in [6.07, 6.45) is 2.22. The summed E-state index contributed by atoms with van der Waals surface area (Å²) < 4.78 is 5.34. The van der Waals surface area contributed by atoms with E-state index in [1.165, 1.54) is 4.90 Å². The lowest BCUT2D eigenvalue weighted by Crippen LogP contribution is -2.62. The Morgan fingerprint density at radius 2 is 1.41 bits per heavy atom. The average molecular weight is 663 g/mol. The minimum atomic E-state index is -1.15. The summed E-state index contributed by atoms with van der Waals surface area (Å²) in [6.45, 7) is 14.2. The topological polar surface area (TPSA) is 177 Å². The SMILES string of the molecule is CC(C)OC(=O)[C@@H](NC(=O)N[C@H](C(=O)N1CC[C@H](CC(Cl)Cl)[C@H]1C(=O)NC(CC1CC1)C(=O)C(N)=O)C(C)(C)C)C(C)(C)C. The molecule has 2 fully saturated rings. The van der Waals surface area contributed by atoms with Crippen molar-refractivity contribution < 1.29 is 33.5 Å². The number of rotatable bonds is 13. The maximum Gasteiger partial charge on any atom is 0.329 e. The standard InChI is InChI=1S/C30H49Cl2N5O7/c1-15(2)44-27(42)23(30(6,7)8)36-28(43)35-22(29(3,4)5)26(41)37-12-11-17(14-19(31)32)20(37)25(40)34-18(13-16-9-10-16)21(38)24(33)39/h15-20,22-23H,9-14H2,1-8H3,(H2,33,39)(H,34,40)(H2,35,36,43)/t17-,18?,20+,22-,23-/m1/s1. The molecule has 0 aromatic rings. The number of carbonyl (C=O) groups is 6. The minimum Gasteiger partial charge on any atom is -0.461 e. The van der Waals surface area contributed by atoms with Gasteiger partial charge < -0.3 is 31.3 Å². The van der Waals surface area contributed by atoms with Gasteiger partial charge in [0.05, 0.1) is 12.1 Å². The largest absolute Gasteiger partial charge is 0.461 e. The van der Waals surface area contributed by atoms with Crippen molar-refractivity contribution in [1.29, 1.82) is 0 Å². The van der Waals surface area contributed by atoms with Crippen LogP contribution in [0.2, 0.25) is 0 Å². The Labute approximate surface area is 270 Å². The van der Waals surface area contributed by atoms with Crippen molar-refractivity contribution in [3.63, 3.8) is 0 Å². The van der Waals surface area contributed by atoms with Gasteiger partial charge in [-0.25, -0.2) is 9.59 Å². The Balaban J connectivity index is 2.35. The highest BCUT2D eigenvalue weighted by Crippen LogP contribution is 2.35. The summed E-state index contributed by atoms with van der Waals surface area (Å²) in [4.78, 5) is 78.8. The van der Waals surface area contributed by atoms with E-state index in [1.54, 1.807) is 55.4 Å². The van der Waals surface area contributed by atoms with Gasteiger partial charge >= 0.3 is 12.0 Å². The number of carbonyl (C=O) groups excluding carboxylic acids is 6. The van der Waals surface area contributed by atoms with Crippen molar-refractivity contribution in [1.82, 2.24) is 20.9 Å². The molecular weight excluding hydrogens is 613 g/mol. The summed E-state index contributed by atoms with van der Waals surface area (Å²) in [6, 6.07) is -5.06. The van der Waals surface area contributed by atoms with Gasteiger partial charge in [0.1, 0.15) is 23.0 Å². The number of likely N-dealkylation sites (tertiary alicyclic amines) is 1. The maximum atomic E-state index is 14.2. The molecule has 250 valence electrons. The second kappa shape index (κ2) is 15.1. The molecule has 44 heavy (non-hydrogen) atoms. The van der Waals surface area contributed by atoms with Crippen LogP contribution >= 0.6 is 23.2 Å². The Morgan fingerprint density at radius 1 is 0.864 bits per heavy atom. The summed E-state index contributed by atoms with van der Waals surface area (Å²) in [5.41, 5.74) is 3.74. The number of urea groups is 1. The molecule has 1 saturated heterocycles. The number of amides is 5. The number of hydrogen-bond donors (Lipinski definition) is 4. The van der Waals surface area contributed by atoms with Gasteiger partial charge in [0.2, 0.25) is 17.6 Å². The monoisotopic (exact) mass is 661 g/mol. The number of ether oxygens (including phenoxy) is 1. The number of ketones is 1. The second-order valence-electron chi connectivity index (χ2n) is 14.3. The van der Waals surface area contributed by atoms with E-state index in [0.29, 0.717) is 6.42 Å². The van der Waals surface area contributed by atoms with E-state index in [2.05, 4.69) is 16.0 Å². The Morgan fingerprint density at radius 3 is 1.86 bits per heavy atom. The Kier molecular flexibility index (Phi) is 12.9. The molecule has 0 aromatic heterocycles. The minimum absolute atomic E-state index is 0.167. The van der Waals surface area contributed by atoms with Gasteiger partial charge in [-0.1, -0.05) is 54.4 Å². The summed E-state index contributed by atoms with van der Waals surface area (Å²) >= 11 is 12.2. The number of nitrogens with one attached hydrogen (secondary N) is 3. The molecule has 2 aliphatic rings. The van der Waals surface area contributed by atoms with E-state index in [-0.39, 0.29) is 25.3 Å². The molecule has 5 amide bonds. The van der Waals surface area contributed by atoms with Crippen molar-refractivity contribution >= 4 is 58.7 Å². The zero-order chi connectivity index (χ0) is 33.7. The lowest BCUT2D eigenvalue weighted by atomic mass is 9.85. The van der Waals surface area contributed by atoms with Crippen LogP contribution in [0.15, 0.2) is 0 Å². The van der Waals surface area contributed by atoms with E-state index in [0.717, 1.165) is 12.8 Å². The number of nitrogens with two attached hydrogens (primary N) is 1. The van der Waals surface area contributed by atoms with Crippen LogP contribution in [0.4, 0.5) is 4.79 Å². The van der Waals surface area contributed by atoms with Crippen LogP contribution in [-0.4, -0.2) is 82.1 Å². The first kappa shape index (κ1) is 37.6. The lowest BCUT2D eigenvalue weighted by Gasteiger charge is -2.37. The van der Waals surface area contributed by atoms with Crippen LogP contribution in [0, 0.1) is 22.7 Å². The molecule has 1 unspecified atom stereocenters. The zero-order valence-electron chi connectivity index (χ0n) is 27.0. The molecule has 0 spiro atoms. The number of nitrogens with zero attached hydrogens (tertiary/aromatic N) is 1. The van der Waals surface area contributed by atoms with E-state index in [9.17, 15) is 28.8 Å². The first-order valence-corrected chi connectivity index (χ1v) is 16.0. The molecule has 1 saturated carbocycles. The molecule has 5 atom stereocenters. The molecular formula is C30H49Cl2N5O7. The lowest BCUT2D eigenvalue weighted by molar-refractivity contribution is -0.152. The van der Waals surface area contributed by atoms with Crippen LogP contribution in [0.1, 0.15) is 87.5 Å². The third-order valence-corrected chi connectivity index (χ3v) is 8.17. The predicted octanol–water partition coefficient (Wildman–Crippen LogP) is 2.82. The predicted molar refractivity (Wildman–Crippen MR) is 167 cm³/mol. The van der Waals surface area contributed by atoms with Crippen molar-refractivity contribution in [2.24, 2.45) is 28.4 Å². The second-order valence-corrected chi connectivity index (χ2v) is 15.6. The number of hydrogen-bond acceptors (Lipinski definition) is 7. The molecule has 1 aliphatic carbocycles. The number of primary amides is 1. The molecule has 1 heterocycles. The maximum absolute atomic E-state index is 14.2. The first-order chi connectivity index (χ1) is 20.1. The van der Waals surface area contributed by atoms with E-state index >= 15 is 0 Å². The van der Waals surface area contributed by atoms with Crippen LogP contribution in [0.25, 0.3) is 0 Å². The highest BCUT2D eigenvalue weighted by Gasteiger charge is 2.48. The highest BCUT2D eigenvalue weighted by atomic mass is 35.5. The van der Waals surface area contributed by atoms with Crippen molar-refractivity contribution in [3.8, 4) is 0 Å². The fourth-order valence-corrected chi connectivity index (χ4v) is 5.79. The van der Waals surface area contributed by atoms with Gasteiger partial charge in [-0.3, -0.25) is 19.2 Å². The molecule has 14 heteroatoms. The average Bonchev–Trinajstić information content (AvgIpc) is 3.59. The van der Waals surface area contributed by atoms with Crippen LogP contribution in [0.3, 0.4) is 0 Å². The smallest absolute Gasteiger partial charge is 0.329 e. The molecule has 0 bridgehead atoms. The van der Waals surface area contributed by atoms with Gasteiger partial charge in [0.25, 0.3) is 5.91 Å². The fraction of sp³-hybridized carbons (Fsp3) is 0.800. The van der Waals surface area contributed by atoms with Crippen molar-refractivity contribution in [3.05, 3.63) is 0 Å². The van der Waals surface area contributed by atoms with Gasteiger partial charge in [-0.2, -0.15) is 0 Å².